The van der Waals surface area contributed by atoms with E-state index in [1.165, 1.54) is 38.4 Å². The molecular formula is C24H24N4O5S. The smallest absolute Gasteiger partial charge is 0.324 e. The molecule has 0 saturated carbocycles. The molecule has 4 rings (SSSR count). The predicted octanol–water partition coefficient (Wildman–Crippen LogP) is 2.50. The maximum Gasteiger partial charge on any atom is 0.325 e. The first-order valence-electron chi connectivity index (χ1n) is 10.5. The Morgan fingerprint density at radius 2 is 1.71 bits per heavy atom. The minimum atomic E-state index is -3.69. The maximum atomic E-state index is 13.3. The summed E-state index contributed by atoms with van der Waals surface area (Å²) in [5.41, 5.74) is -0.469. The van der Waals surface area contributed by atoms with E-state index in [9.17, 15) is 22.8 Å². The molecule has 3 aromatic rings. The lowest BCUT2D eigenvalue weighted by Crippen LogP contribution is -2.42. The van der Waals surface area contributed by atoms with Gasteiger partial charge in [-0.3, -0.25) is 14.5 Å². The summed E-state index contributed by atoms with van der Waals surface area (Å²) in [5, 5.41) is 7.03. The number of fused-ring (bicyclic) bond motifs is 1. The number of nitrogens with one attached hydrogen (secondary N) is 2. The molecule has 1 fully saturated rings. The molecular weight excluding hydrogens is 456 g/mol. The molecule has 0 radical (unpaired) electrons. The summed E-state index contributed by atoms with van der Waals surface area (Å²) >= 11 is 0. The van der Waals surface area contributed by atoms with Gasteiger partial charge in [0.05, 0.1) is 4.90 Å². The van der Waals surface area contributed by atoms with Crippen LogP contribution in [-0.2, 0) is 25.2 Å². The minimum absolute atomic E-state index is 0.00817. The lowest BCUT2D eigenvalue weighted by Gasteiger charge is -2.24. The highest BCUT2D eigenvalue weighted by atomic mass is 32.2. The Bertz CT molecular complexity index is 1410. The van der Waals surface area contributed by atoms with E-state index < -0.39 is 40.0 Å². The molecule has 0 aliphatic carbocycles. The van der Waals surface area contributed by atoms with Crippen LogP contribution in [0.25, 0.3) is 10.8 Å². The molecule has 0 bridgehead atoms. The fraction of sp³-hybridized carbons (Fsp3) is 0.208. The fourth-order valence-corrected chi connectivity index (χ4v) is 4.92. The predicted molar refractivity (Wildman–Crippen MR) is 127 cm³/mol. The van der Waals surface area contributed by atoms with E-state index in [1.807, 2.05) is 36.4 Å². The molecule has 0 spiro atoms. The van der Waals surface area contributed by atoms with Gasteiger partial charge in [0, 0.05) is 19.8 Å². The molecule has 10 heteroatoms. The molecule has 3 aromatic carbocycles. The number of imide groups is 1. The number of sulfonamides is 1. The van der Waals surface area contributed by atoms with Crippen LogP contribution < -0.4 is 10.6 Å². The van der Waals surface area contributed by atoms with Gasteiger partial charge in [-0.1, -0.05) is 48.5 Å². The second-order valence-electron chi connectivity index (χ2n) is 8.34. The molecule has 34 heavy (non-hydrogen) atoms. The summed E-state index contributed by atoms with van der Waals surface area (Å²) in [4.78, 5) is 39.5. The van der Waals surface area contributed by atoms with Gasteiger partial charge >= 0.3 is 6.03 Å². The lowest BCUT2D eigenvalue weighted by atomic mass is 9.88. The Hall–Kier alpha value is -3.76. The van der Waals surface area contributed by atoms with Gasteiger partial charge in [-0.25, -0.2) is 17.5 Å². The Morgan fingerprint density at radius 3 is 2.44 bits per heavy atom. The first-order chi connectivity index (χ1) is 16.0. The summed E-state index contributed by atoms with van der Waals surface area (Å²) in [6, 6.07) is 18.1. The van der Waals surface area contributed by atoms with Crippen molar-refractivity contribution < 1.29 is 22.8 Å². The molecule has 9 nitrogen and oxygen atoms in total. The minimum Gasteiger partial charge on any atom is -0.324 e. The van der Waals surface area contributed by atoms with Crippen molar-refractivity contribution in [1.29, 1.82) is 0 Å². The standard InChI is InChI=1S/C24H24N4O5S/c1-24(20-13-6-9-16-8-4-5-12-19(16)20)22(30)28(23(31)26-24)15-21(29)25-17-10-7-11-18(14-17)34(32,33)27(2)3/h4-14H,15H2,1-3H3,(H,25,29)(H,26,31). The number of amides is 4. The van der Waals surface area contributed by atoms with Gasteiger partial charge in [0.2, 0.25) is 15.9 Å². The van der Waals surface area contributed by atoms with Crippen LogP contribution in [0.4, 0.5) is 10.5 Å². The van der Waals surface area contributed by atoms with Crippen molar-refractivity contribution in [1.82, 2.24) is 14.5 Å². The Balaban J connectivity index is 1.55. The second kappa shape index (κ2) is 8.54. The fourth-order valence-electron chi connectivity index (χ4n) is 3.97. The van der Waals surface area contributed by atoms with E-state index in [2.05, 4.69) is 10.6 Å². The quantitative estimate of drug-likeness (QED) is 0.526. The molecule has 0 aromatic heterocycles. The molecule has 1 unspecified atom stereocenters. The summed E-state index contributed by atoms with van der Waals surface area (Å²) in [6.07, 6.45) is 0. The maximum absolute atomic E-state index is 13.3. The molecule has 1 aliphatic rings. The van der Waals surface area contributed by atoms with Crippen LogP contribution in [-0.4, -0.2) is 56.1 Å². The zero-order chi connectivity index (χ0) is 24.7. The van der Waals surface area contributed by atoms with Crippen LogP contribution in [0.1, 0.15) is 12.5 Å². The third-order valence-electron chi connectivity index (χ3n) is 5.80. The average Bonchev–Trinajstić information content (AvgIpc) is 3.02. The molecule has 176 valence electrons. The molecule has 1 aliphatic heterocycles. The van der Waals surface area contributed by atoms with Crippen molar-refractivity contribution >= 4 is 44.3 Å². The average molecular weight is 481 g/mol. The Kier molecular flexibility index (Phi) is 5.88. The lowest BCUT2D eigenvalue weighted by molar-refractivity contribution is -0.133. The molecule has 1 saturated heterocycles. The molecule has 1 atom stereocenters. The Labute approximate surface area is 197 Å². The zero-order valence-electron chi connectivity index (χ0n) is 18.9. The van der Waals surface area contributed by atoms with Crippen LogP contribution in [0.2, 0.25) is 0 Å². The van der Waals surface area contributed by atoms with E-state index in [-0.39, 0.29) is 10.6 Å². The highest BCUT2D eigenvalue weighted by Gasteiger charge is 2.50. The van der Waals surface area contributed by atoms with Crippen LogP contribution >= 0.6 is 0 Å². The number of carbonyl (C=O) groups is 3. The van der Waals surface area contributed by atoms with Gasteiger partial charge in [0.1, 0.15) is 12.1 Å². The van der Waals surface area contributed by atoms with Gasteiger partial charge < -0.3 is 10.6 Å². The number of rotatable bonds is 6. The first-order valence-corrected chi connectivity index (χ1v) is 11.9. The molecule has 2 N–H and O–H groups in total. The Morgan fingerprint density at radius 1 is 1.03 bits per heavy atom. The van der Waals surface area contributed by atoms with Gasteiger partial charge in [0.15, 0.2) is 0 Å². The summed E-state index contributed by atoms with van der Waals surface area (Å²) in [7, 11) is -0.870. The number of nitrogens with zero attached hydrogens (tertiary/aromatic N) is 2. The van der Waals surface area contributed by atoms with Crippen LogP contribution in [0.15, 0.2) is 71.6 Å². The van der Waals surface area contributed by atoms with E-state index in [4.69, 9.17) is 0 Å². The van der Waals surface area contributed by atoms with Crippen molar-refractivity contribution in [2.45, 2.75) is 17.4 Å². The third-order valence-corrected chi connectivity index (χ3v) is 7.61. The molecule has 1 heterocycles. The van der Waals surface area contributed by atoms with E-state index >= 15 is 0 Å². The summed E-state index contributed by atoms with van der Waals surface area (Å²) in [6.45, 7) is 1.10. The van der Waals surface area contributed by atoms with E-state index in [0.29, 0.717) is 5.56 Å². The van der Waals surface area contributed by atoms with Crippen molar-refractivity contribution in [3.63, 3.8) is 0 Å². The van der Waals surface area contributed by atoms with Crippen molar-refractivity contribution in [2.24, 2.45) is 0 Å². The zero-order valence-corrected chi connectivity index (χ0v) is 19.7. The van der Waals surface area contributed by atoms with Crippen LogP contribution in [0.3, 0.4) is 0 Å². The number of urea groups is 1. The van der Waals surface area contributed by atoms with E-state index in [0.717, 1.165) is 20.0 Å². The normalized spacial score (nSPS) is 18.4. The number of carbonyl (C=O) groups excluding carboxylic acids is 3. The SMILES string of the molecule is CN(C)S(=O)(=O)c1cccc(NC(=O)CN2C(=O)NC(C)(c3cccc4ccccc34)C2=O)c1. The van der Waals surface area contributed by atoms with Crippen LogP contribution in [0, 0.1) is 0 Å². The highest BCUT2D eigenvalue weighted by Crippen LogP contribution is 2.33. The monoisotopic (exact) mass is 480 g/mol. The number of hydrogen-bond donors (Lipinski definition) is 2. The van der Waals surface area contributed by atoms with Crippen LogP contribution in [0.5, 0.6) is 0 Å². The van der Waals surface area contributed by atoms with Crippen molar-refractivity contribution in [3.8, 4) is 0 Å². The van der Waals surface area contributed by atoms with Crippen molar-refractivity contribution in [3.05, 3.63) is 72.3 Å². The summed E-state index contributed by atoms with van der Waals surface area (Å²) < 4.78 is 25.7. The number of hydrogen-bond acceptors (Lipinski definition) is 5. The van der Waals surface area contributed by atoms with Crippen molar-refractivity contribution in [2.75, 3.05) is 26.0 Å². The third kappa shape index (κ3) is 4.02. The first kappa shape index (κ1) is 23.4. The second-order valence-corrected chi connectivity index (χ2v) is 10.5. The number of anilines is 1. The van der Waals surface area contributed by atoms with Gasteiger partial charge in [-0.2, -0.15) is 0 Å². The largest absolute Gasteiger partial charge is 0.325 e. The number of benzene rings is 3. The highest BCUT2D eigenvalue weighted by molar-refractivity contribution is 7.89. The molecule has 4 amide bonds. The van der Waals surface area contributed by atoms with Gasteiger partial charge in [-0.15, -0.1) is 0 Å². The van der Waals surface area contributed by atoms with Gasteiger partial charge in [0.25, 0.3) is 5.91 Å². The summed E-state index contributed by atoms with van der Waals surface area (Å²) in [5.74, 6) is -1.18. The van der Waals surface area contributed by atoms with E-state index in [1.54, 1.807) is 13.0 Å². The topological polar surface area (TPSA) is 116 Å². The van der Waals surface area contributed by atoms with Gasteiger partial charge in [-0.05, 0) is 41.5 Å².